The lowest BCUT2D eigenvalue weighted by atomic mass is 9.77. The van der Waals surface area contributed by atoms with Crippen LogP contribution in [0.2, 0.25) is 15.1 Å². The van der Waals surface area contributed by atoms with Crippen molar-refractivity contribution in [1.82, 2.24) is 0 Å². The molecule has 0 aromatic heterocycles. The summed E-state index contributed by atoms with van der Waals surface area (Å²) in [6.07, 6.45) is 5.10. The highest BCUT2D eigenvalue weighted by atomic mass is 35.5. The van der Waals surface area contributed by atoms with Crippen LogP contribution in [0.5, 0.6) is 0 Å². The molecular weight excluding hydrogens is 383 g/mol. The van der Waals surface area contributed by atoms with E-state index < -0.39 is 4.92 Å². The van der Waals surface area contributed by atoms with E-state index in [9.17, 15) is 10.1 Å². The van der Waals surface area contributed by atoms with E-state index in [-0.39, 0.29) is 23.6 Å². The number of rotatable bonds is 2. The number of nitrogens with zero attached hydrogens (tertiary/aromatic N) is 1. The Balaban J connectivity index is 1.86. The smallest absolute Gasteiger partial charge is 0.294 e. The van der Waals surface area contributed by atoms with Crippen LogP contribution in [-0.4, -0.2) is 4.92 Å². The largest absolute Gasteiger partial charge is 0.372 e. The van der Waals surface area contributed by atoms with E-state index >= 15 is 0 Å². The van der Waals surface area contributed by atoms with Crippen molar-refractivity contribution in [3.8, 4) is 0 Å². The maximum absolute atomic E-state index is 11.5. The van der Waals surface area contributed by atoms with Gasteiger partial charge >= 0.3 is 0 Å². The highest BCUT2D eigenvalue weighted by molar-refractivity contribution is 6.42. The van der Waals surface area contributed by atoms with Crippen molar-refractivity contribution in [2.45, 2.75) is 18.4 Å². The number of anilines is 1. The van der Waals surface area contributed by atoms with Crippen molar-refractivity contribution < 1.29 is 4.92 Å². The molecule has 25 heavy (non-hydrogen) atoms. The zero-order chi connectivity index (χ0) is 17.7. The Bertz CT molecular complexity index is 913. The monoisotopic (exact) mass is 394 g/mol. The third kappa shape index (κ3) is 2.78. The molecule has 2 aliphatic rings. The Morgan fingerprint density at radius 3 is 2.64 bits per heavy atom. The topological polar surface area (TPSA) is 55.2 Å². The Labute approximate surface area is 159 Å². The van der Waals surface area contributed by atoms with Gasteiger partial charge in [-0.2, -0.15) is 0 Å². The molecule has 1 N–H and O–H groups in total. The van der Waals surface area contributed by atoms with Gasteiger partial charge in [0, 0.05) is 17.0 Å². The standard InChI is InChI=1S/C18H13Cl3N2O2/c19-10-7-13-11-2-1-3-12(11)17(9-4-5-14(20)15(21)6-9)22-18(13)16(8-10)23(24)25/h1-2,4-8,11-12,17,22H,3H2/t11-,12-,17+/m0/s1. The van der Waals surface area contributed by atoms with Gasteiger partial charge in [0.05, 0.1) is 21.0 Å². The second-order valence-corrected chi connectivity index (χ2v) is 7.55. The van der Waals surface area contributed by atoms with Crippen LogP contribution in [0.4, 0.5) is 11.4 Å². The fraction of sp³-hybridized carbons (Fsp3) is 0.222. The molecule has 0 saturated carbocycles. The van der Waals surface area contributed by atoms with Gasteiger partial charge in [-0.25, -0.2) is 0 Å². The van der Waals surface area contributed by atoms with Crippen LogP contribution in [0.3, 0.4) is 0 Å². The normalized spacial score (nSPS) is 23.7. The van der Waals surface area contributed by atoms with Gasteiger partial charge in [-0.3, -0.25) is 10.1 Å². The summed E-state index contributed by atoms with van der Waals surface area (Å²) < 4.78 is 0. The quantitative estimate of drug-likeness (QED) is 0.364. The van der Waals surface area contributed by atoms with E-state index in [1.807, 2.05) is 18.2 Å². The first kappa shape index (κ1) is 16.7. The minimum absolute atomic E-state index is 0.00805. The van der Waals surface area contributed by atoms with Gasteiger partial charge in [0.2, 0.25) is 0 Å². The van der Waals surface area contributed by atoms with E-state index in [1.54, 1.807) is 6.07 Å². The molecule has 0 radical (unpaired) electrons. The van der Waals surface area contributed by atoms with Crippen LogP contribution >= 0.6 is 34.8 Å². The second kappa shape index (κ2) is 6.20. The predicted molar refractivity (Wildman–Crippen MR) is 101 cm³/mol. The first-order valence-electron chi connectivity index (χ1n) is 7.81. The Morgan fingerprint density at radius 2 is 1.92 bits per heavy atom. The fourth-order valence-corrected chi connectivity index (χ4v) is 4.35. The van der Waals surface area contributed by atoms with Gasteiger partial charge in [0.1, 0.15) is 5.69 Å². The molecular formula is C18H13Cl3N2O2. The third-order valence-electron chi connectivity index (χ3n) is 4.91. The molecule has 2 aromatic carbocycles. The highest BCUT2D eigenvalue weighted by Crippen LogP contribution is 2.53. The number of benzene rings is 2. The molecule has 0 bridgehead atoms. The Morgan fingerprint density at radius 1 is 1.12 bits per heavy atom. The third-order valence-corrected chi connectivity index (χ3v) is 5.87. The van der Waals surface area contributed by atoms with Crippen LogP contribution < -0.4 is 5.32 Å². The molecule has 1 heterocycles. The first-order valence-corrected chi connectivity index (χ1v) is 8.95. The summed E-state index contributed by atoms with van der Waals surface area (Å²) in [5.41, 5.74) is 2.35. The zero-order valence-corrected chi connectivity index (χ0v) is 15.1. The van der Waals surface area contributed by atoms with Crippen molar-refractivity contribution in [3.05, 3.63) is 78.8 Å². The number of nitro groups is 1. The summed E-state index contributed by atoms with van der Waals surface area (Å²) in [6.45, 7) is 0. The first-order chi connectivity index (χ1) is 12.0. The lowest BCUT2D eigenvalue weighted by Gasteiger charge is -2.37. The molecule has 4 nitrogen and oxygen atoms in total. The maximum atomic E-state index is 11.5. The maximum Gasteiger partial charge on any atom is 0.294 e. The molecule has 0 spiro atoms. The molecule has 1 aliphatic carbocycles. The molecule has 0 amide bonds. The van der Waals surface area contributed by atoms with Crippen molar-refractivity contribution >= 4 is 46.2 Å². The van der Waals surface area contributed by atoms with Gasteiger partial charge in [-0.05, 0) is 41.7 Å². The van der Waals surface area contributed by atoms with Crippen molar-refractivity contribution in [2.75, 3.05) is 5.32 Å². The van der Waals surface area contributed by atoms with E-state index in [0.717, 1.165) is 17.5 Å². The fourth-order valence-electron chi connectivity index (χ4n) is 3.83. The van der Waals surface area contributed by atoms with Crippen LogP contribution in [0.15, 0.2) is 42.5 Å². The van der Waals surface area contributed by atoms with Gasteiger partial charge in [0.15, 0.2) is 0 Å². The minimum Gasteiger partial charge on any atom is -0.372 e. The van der Waals surface area contributed by atoms with Crippen LogP contribution in [0.25, 0.3) is 0 Å². The van der Waals surface area contributed by atoms with Crippen LogP contribution in [0, 0.1) is 16.0 Å². The molecule has 2 aromatic rings. The average Bonchev–Trinajstić information content (AvgIpc) is 3.06. The van der Waals surface area contributed by atoms with Gasteiger partial charge in [-0.1, -0.05) is 53.0 Å². The summed E-state index contributed by atoms with van der Waals surface area (Å²) in [6, 6.07) is 8.59. The molecule has 0 saturated heterocycles. The summed E-state index contributed by atoms with van der Waals surface area (Å²) in [5, 5.41) is 16.2. The summed E-state index contributed by atoms with van der Waals surface area (Å²) in [7, 11) is 0. The Hall–Kier alpha value is -1.75. The number of hydrogen-bond acceptors (Lipinski definition) is 3. The molecule has 7 heteroatoms. The number of nitro benzene ring substituents is 1. The summed E-state index contributed by atoms with van der Waals surface area (Å²) >= 11 is 18.3. The van der Waals surface area contributed by atoms with E-state index in [1.165, 1.54) is 6.07 Å². The molecule has 128 valence electrons. The van der Waals surface area contributed by atoms with E-state index in [4.69, 9.17) is 34.8 Å². The molecule has 1 aliphatic heterocycles. The number of allylic oxidation sites excluding steroid dienone is 2. The minimum atomic E-state index is -0.400. The van der Waals surface area contributed by atoms with Crippen molar-refractivity contribution in [1.29, 1.82) is 0 Å². The molecule has 0 fully saturated rings. The van der Waals surface area contributed by atoms with Gasteiger partial charge < -0.3 is 5.32 Å². The molecule has 0 unspecified atom stereocenters. The number of halogens is 3. The lowest BCUT2D eigenvalue weighted by molar-refractivity contribution is -0.384. The van der Waals surface area contributed by atoms with E-state index in [2.05, 4.69) is 17.5 Å². The SMILES string of the molecule is O=[N+]([O-])c1cc(Cl)cc2c1N[C@H](c1ccc(Cl)c(Cl)c1)[C@H]1CC=C[C@H]21. The molecule has 4 rings (SSSR count). The van der Waals surface area contributed by atoms with Gasteiger partial charge in [0.25, 0.3) is 5.69 Å². The number of fused-ring (bicyclic) bond motifs is 3. The van der Waals surface area contributed by atoms with Crippen LogP contribution in [0.1, 0.15) is 29.5 Å². The van der Waals surface area contributed by atoms with Crippen LogP contribution in [-0.2, 0) is 0 Å². The number of hydrogen-bond donors (Lipinski definition) is 1. The molecule has 3 atom stereocenters. The van der Waals surface area contributed by atoms with Crippen molar-refractivity contribution in [3.63, 3.8) is 0 Å². The zero-order valence-electron chi connectivity index (χ0n) is 12.9. The highest BCUT2D eigenvalue weighted by Gasteiger charge is 2.41. The van der Waals surface area contributed by atoms with E-state index in [0.29, 0.717) is 20.8 Å². The van der Waals surface area contributed by atoms with Crippen molar-refractivity contribution in [2.24, 2.45) is 5.92 Å². The average molecular weight is 396 g/mol. The second-order valence-electron chi connectivity index (χ2n) is 6.30. The predicted octanol–water partition coefficient (Wildman–Crippen LogP) is 6.38. The lowest BCUT2D eigenvalue weighted by Crippen LogP contribution is -2.29. The summed E-state index contributed by atoms with van der Waals surface area (Å²) in [5.74, 6) is 0.316. The van der Waals surface area contributed by atoms with Gasteiger partial charge in [-0.15, -0.1) is 0 Å². The summed E-state index contributed by atoms with van der Waals surface area (Å²) in [4.78, 5) is 11.1. The Kier molecular flexibility index (Phi) is 4.14. The number of nitrogens with one attached hydrogen (secondary N) is 1.